The molecule has 0 saturated carbocycles. The van der Waals surface area contributed by atoms with Crippen LogP contribution in [0.25, 0.3) is 11.1 Å². The van der Waals surface area contributed by atoms with Crippen LogP contribution in [0.15, 0.2) is 52.9 Å². The molecule has 0 unspecified atom stereocenters. The monoisotopic (exact) mass is 374 g/mol. The van der Waals surface area contributed by atoms with Gasteiger partial charge in [-0.15, -0.1) is 4.40 Å². The van der Waals surface area contributed by atoms with E-state index in [1.165, 1.54) is 0 Å². The van der Waals surface area contributed by atoms with Gasteiger partial charge in [-0.25, -0.2) is 8.42 Å². The average Bonchev–Trinajstić information content (AvgIpc) is 2.61. The summed E-state index contributed by atoms with van der Waals surface area (Å²) in [6.45, 7) is 1.44. The first-order valence-corrected chi connectivity index (χ1v) is 10.4. The summed E-state index contributed by atoms with van der Waals surface area (Å²) in [6.07, 6.45) is 1.98. The molecule has 0 aliphatic carbocycles. The van der Waals surface area contributed by atoms with Crippen LogP contribution in [-0.4, -0.2) is 38.0 Å². The fourth-order valence-electron chi connectivity index (χ4n) is 3.62. The number of piperidine rings is 1. The third kappa shape index (κ3) is 3.31. The molecule has 2 aliphatic rings. The minimum atomic E-state index is -3.32. The predicted octanol–water partition coefficient (Wildman–Crippen LogP) is 3.93. The van der Waals surface area contributed by atoms with E-state index in [1.807, 2.05) is 36.4 Å². The Balaban J connectivity index is 1.68. The van der Waals surface area contributed by atoms with Gasteiger partial charge in [-0.3, -0.25) is 0 Å². The molecule has 1 saturated heterocycles. The molecular weight excluding hydrogens is 356 g/mol. The van der Waals surface area contributed by atoms with Crippen molar-refractivity contribution >= 4 is 27.5 Å². The molecule has 25 heavy (non-hydrogen) atoms. The summed E-state index contributed by atoms with van der Waals surface area (Å²) < 4.78 is 27.9. The molecule has 2 heterocycles. The standard InChI is InChI=1S/C19H19ClN2O2S/c20-18-6-2-1-4-16(18)14-7-9-15(10-8-14)17-5-3-11-22-12-13-25(23,24)21-19(17)22/h1-2,4,6-10,17H,3,5,11-13H2/t17-/m0/s1. The lowest BCUT2D eigenvalue weighted by atomic mass is 9.88. The van der Waals surface area contributed by atoms with Crippen LogP contribution in [0.4, 0.5) is 0 Å². The van der Waals surface area contributed by atoms with Gasteiger partial charge in [0.1, 0.15) is 5.84 Å². The van der Waals surface area contributed by atoms with Gasteiger partial charge in [0.15, 0.2) is 0 Å². The molecular formula is C19H19ClN2O2S. The summed E-state index contributed by atoms with van der Waals surface area (Å²) in [5.41, 5.74) is 3.16. The Labute approximate surface area is 153 Å². The smallest absolute Gasteiger partial charge is 0.256 e. The Kier molecular flexibility index (Phi) is 4.29. The van der Waals surface area contributed by atoms with Crippen molar-refractivity contribution in [3.63, 3.8) is 0 Å². The zero-order chi connectivity index (χ0) is 17.4. The Hall–Kier alpha value is -1.85. The summed E-state index contributed by atoms with van der Waals surface area (Å²) in [5, 5.41) is 0.724. The van der Waals surface area contributed by atoms with Crippen molar-refractivity contribution in [1.82, 2.24) is 4.90 Å². The van der Waals surface area contributed by atoms with E-state index in [0.717, 1.165) is 41.1 Å². The van der Waals surface area contributed by atoms with Crippen molar-refractivity contribution in [2.45, 2.75) is 18.8 Å². The van der Waals surface area contributed by atoms with E-state index in [1.54, 1.807) is 0 Å². The first-order valence-electron chi connectivity index (χ1n) is 8.46. The highest BCUT2D eigenvalue weighted by molar-refractivity contribution is 7.90. The van der Waals surface area contributed by atoms with Gasteiger partial charge in [0.25, 0.3) is 10.0 Å². The zero-order valence-corrected chi connectivity index (χ0v) is 15.3. The molecule has 4 nitrogen and oxygen atoms in total. The summed E-state index contributed by atoms with van der Waals surface area (Å²) in [7, 11) is -3.32. The van der Waals surface area contributed by atoms with Crippen LogP contribution in [0.5, 0.6) is 0 Å². The molecule has 0 amide bonds. The second-order valence-electron chi connectivity index (χ2n) is 6.52. The molecule has 0 aromatic heterocycles. The van der Waals surface area contributed by atoms with Crippen molar-refractivity contribution in [2.24, 2.45) is 4.40 Å². The molecule has 4 rings (SSSR count). The number of nitrogens with zero attached hydrogens (tertiary/aromatic N) is 2. The van der Waals surface area contributed by atoms with E-state index in [0.29, 0.717) is 12.4 Å². The molecule has 130 valence electrons. The van der Waals surface area contributed by atoms with Gasteiger partial charge < -0.3 is 4.90 Å². The fraction of sp³-hybridized carbons (Fsp3) is 0.316. The lowest BCUT2D eigenvalue weighted by Crippen LogP contribution is -2.46. The van der Waals surface area contributed by atoms with Gasteiger partial charge in [-0.2, -0.15) is 0 Å². The van der Waals surface area contributed by atoms with Crippen molar-refractivity contribution in [2.75, 3.05) is 18.8 Å². The first kappa shape index (κ1) is 16.6. The van der Waals surface area contributed by atoms with Crippen LogP contribution >= 0.6 is 11.6 Å². The van der Waals surface area contributed by atoms with Crippen molar-refractivity contribution in [1.29, 1.82) is 0 Å². The van der Waals surface area contributed by atoms with E-state index in [9.17, 15) is 8.42 Å². The van der Waals surface area contributed by atoms with Crippen LogP contribution in [0.3, 0.4) is 0 Å². The Bertz CT molecular complexity index is 923. The highest BCUT2D eigenvalue weighted by atomic mass is 35.5. The summed E-state index contributed by atoms with van der Waals surface area (Å²) >= 11 is 6.28. The van der Waals surface area contributed by atoms with E-state index in [-0.39, 0.29) is 11.7 Å². The number of hydrogen-bond donors (Lipinski definition) is 0. The summed E-state index contributed by atoms with van der Waals surface area (Å²) in [4.78, 5) is 2.12. The number of fused-ring (bicyclic) bond motifs is 1. The molecule has 1 atom stereocenters. The largest absolute Gasteiger partial charge is 0.358 e. The van der Waals surface area contributed by atoms with Crippen molar-refractivity contribution in [3.05, 3.63) is 59.1 Å². The number of sulfonamides is 1. The topological polar surface area (TPSA) is 49.7 Å². The van der Waals surface area contributed by atoms with Gasteiger partial charge in [-0.05, 0) is 30.0 Å². The lowest BCUT2D eigenvalue weighted by Gasteiger charge is -2.37. The molecule has 1 fully saturated rings. The molecule has 2 aliphatic heterocycles. The fourth-order valence-corrected chi connectivity index (χ4v) is 4.93. The van der Waals surface area contributed by atoms with Gasteiger partial charge in [0, 0.05) is 29.6 Å². The van der Waals surface area contributed by atoms with E-state index < -0.39 is 10.0 Å². The molecule has 0 bridgehead atoms. The first-order chi connectivity index (χ1) is 12.0. The maximum atomic E-state index is 11.9. The minimum Gasteiger partial charge on any atom is -0.358 e. The van der Waals surface area contributed by atoms with E-state index in [2.05, 4.69) is 21.4 Å². The Morgan fingerprint density at radius 3 is 2.56 bits per heavy atom. The average molecular weight is 375 g/mol. The predicted molar refractivity (Wildman–Crippen MR) is 102 cm³/mol. The Morgan fingerprint density at radius 1 is 1.04 bits per heavy atom. The quantitative estimate of drug-likeness (QED) is 0.800. The molecule has 6 heteroatoms. The van der Waals surface area contributed by atoms with Gasteiger partial charge in [-0.1, -0.05) is 54.1 Å². The third-order valence-corrected chi connectivity index (χ3v) is 6.40. The number of rotatable bonds is 2. The van der Waals surface area contributed by atoms with E-state index >= 15 is 0 Å². The summed E-state index contributed by atoms with van der Waals surface area (Å²) in [6, 6.07) is 16.0. The maximum absolute atomic E-state index is 11.9. The number of halogens is 1. The zero-order valence-electron chi connectivity index (χ0n) is 13.7. The highest BCUT2D eigenvalue weighted by Gasteiger charge is 2.33. The van der Waals surface area contributed by atoms with Crippen LogP contribution in [0, 0.1) is 0 Å². The summed E-state index contributed by atoms with van der Waals surface area (Å²) in [5.74, 6) is 0.876. The molecule has 0 spiro atoms. The van der Waals surface area contributed by atoms with Crippen LogP contribution in [-0.2, 0) is 10.0 Å². The highest BCUT2D eigenvalue weighted by Crippen LogP contribution is 2.33. The Morgan fingerprint density at radius 2 is 1.80 bits per heavy atom. The van der Waals surface area contributed by atoms with Crippen LogP contribution in [0.2, 0.25) is 5.02 Å². The number of amidine groups is 1. The van der Waals surface area contributed by atoms with Crippen LogP contribution < -0.4 is 0 Å². The molecule has 2 aromatic carbocycles. The lowest BCUT2D eigenvalue weighted by molar-refractivity contribution is 0.366. The normalized spacial score (nSPS) is 22.2. The maximum Gasteiger partial charge on any atom is 0.256 e. The van der Waals surface area contributed by atoms with Crippen LogP contribution in [0.1, 0.15) is 24.3 Å². The number of hydrogen-bond acceptors (Lipinski definition) is 3. The number of benzene rings is 2. The minimum absolute atomic E-state index is 0.0455. The van der Waals surface area contributed by atoms with Gasteiger partial charge >= 0.3 is 0 Å². The molecule has 2 aromatic rings. The van der Waals surface area contributed by atoms with Gasteiger partial charge in [0.05, 0.1) is 5.75 Å². The van der Waals surface area contributed by atoms with Crippen molar-refractivity contribution in [3.8, 4) is 11.1 Å². The second-order valence-corrected chi connectivity index (χ2v) is 8.68. The third-order valence-electron chi connectivity index (χ3n) is 4.91. The SMILES string of the molecule is O=S1(=O)CCN2CCC[C@@H](c3ccc(-c4ccccc4Cl)cc3)C2=N1. The van der Waals surface area contributed by atoms with Crippen molar-refractivity contribution < 1.29 is 8.42 Å². The molecule has 0 radical (unpaired) electrons. The van der Waals surface area contributed by atoms with Gasteiger partial charge in [0.2, 0.25) is 0 Å². The van der Waals surface area contributed by atoms with E-state index in [4.69, 9.17) is 11.6 Å². The molecule has 0 N–H and O–H groups in total. The second kappa shape index (κ2) is 6.46.